The van der Waals surface area contributed by atoms with E-state index >= 15 is 0 Å². The topological polar surface area (TPSA) is 66.9 Å². The molecule has 0 aliphatic rings. The van der Waals surface area contributed by atoms with Crippen LogP contribution >= 0.6 is 34.2 Å². The number of hydrogen-bond donors (Lipinski definition) is 0. The Morgan fingerprint density at radius 1 is 1.64 bits per heavy atom. The maximum Gasteiger partial charge on any atom is 0.288 e. The van der Waals surface area contributed by atoms with Gasteiger partial charge in [-0.25, -0.2) is 0 Å². The molecule has 0 radical (unpaired) electrons. The number of nitro groups is 1. The van der Waals surface area contributed by atoms with Crippen molar-refractivity contribution in [2.45, 2.75) is 6.42 Å². The summed E-state index contributed by atoms with van der Waals surface area (Å²) >= 11 is 7.66. The molecule has 6 heteroatoms. The average molecular weight is 322 g/mol. The molecule has 0 aliphatic carbocycles. The highest BCUT2D eigenvalue weighted by molar-refractivity contribution is 14.1. The predicted molar refractivity (Wildman–Crippen MR) is 60.1 cm³/mol. The number of hydrogen-bond acceptors (Lipinski definition) is 3. The van der Waals surface area contributed by atoms with Crippen LogP contribution in [0.5, 0.6) is 0 Å². The number of nitriles is 1. The molecule has 0 N–H and O–H groups in total. The van der Waals surface area contributed by atoms with E-state index in [2.05, 4.69) is 0 Å². The van der Waals surface area contributed by atoms with E-state index < -0.39 is 4.92 Å². The van der Waals surface area contributed by atoms with Crippen molar-refractivity contribution in [2.24, 2.45) is 0 Å². The number of halogens is 2. The molecule has 0 atom stereocenters. The van der Waals surface area contributed by atoms with Gasteiger partial charge in [0.25, 0.3) is 5.69 Å². The Labute approximate surface area is 98.8 Å². The molecule has 0 saturated carbocycles. The van der Waals surface area contributed by atoms with Crippen molar-refractivity contribution in [3.8, 4) is 6.07 Å². The van der Waals surface area contributed by atoms with Crippen LogP contribution in [0, 0.1) is 25.0 Å². The summed E-state index contributed by atoms with van der Waals surface area (Å²) in [5.41, 5.74) is 0.474. The van der Waals surface area contributed by atoms with Crippen LogP contribution in [0.15, 0.2) is 12.1 Å². The number of nitrogens with zero attached hydrogens (tertiary/aromatic N) is 2. The minimum absolute atomic E-state index is 0.0982. The third-order valence-corrected chi connectivity index (χ3v) is 2.89. The van der Waals surface area contributed by atoms with E-state index in [9.17, 15) is 10.1 Å². The third-order valence-electron chi connectivity index (χ3n) is 1.58. The Morgan fingerprint density at radius 2 is 2.29 bits per heavy atom. The SMILES string of the molecule is N#CCc1cc([N+](=O)[O-])c(Cl)cc1I. The van der Waals surface area contributed by atoms with Crippen LogP contribution in [-0.2, 0) is 6.42 Å². The molecule has 0 bridgehead atoms. The average Bonchev–Trinajstić information content (AvgIpc) is 2.09. The lowest BCUT2D eigenvalue weighted by molar-refractivity contribution is -0.384. The fourth-order valence-corrected chi connectivity index (χ4v) is 2.02. The molecule has 0 amide bonds. The first-order valence-corrected chi connectivity index (χ1v) is 5.01. The van der Waals surface area contributed by atoms with Gasteiger partial charge in [-0.1, -0.05) is 11.6 Å². The van der Waals surface area contributed by atoms with Crippen molar-refractivity contribution in [1.29, 1.82) is 5.26 Å². The minimum Gasteiger partial charge on any atom is -0.258 e. The van der Waals surface area contributed by atoms with E-state index in [-0.39, 0.29) is 17.1 Å². The molecule has 1 aromatic carbocycles. The van der Waals surface area contributed by atoms with Gasteiger partial charge in [0.1, 0.15) is 5.02 Å². The van der Waals surface area contributed by atoms with E-state index in [0.29, 0.717) is 5.56 Å². The van der Waals surface area contributed by atoms with Crippen molar-refractivity contribution in [1.82, 2.24) is 0 Å². The predicted octanol–water partition coefficient (Wildman–Crippen LogP) is 2.92. The van der Waals surface area contributed by atoms with Gasteiger partial charge >= 0.3 is 0 Å². The molecule has 0 unspecified atom stereocenters. The van der Waals surface area contributed by atoms with E-state index in [0.717, 1.165) is 3.57 Å². The normalized spacial score (nSPS) is 9.50. The van der Waals surface area contributed by atoms with E-state index in [1.807, 2.05) is 28.7 Å². The second kappa shape index (κ2) is 4.57. The second-order valence-electron chi connectivity index (χ2n) is 2.49. The molecule has 0 aromatic heterocycles. The standard InChI is InChI=1S/C8H4ClIN2O2/c9-6-4-7(10)5(1-2-11)3-8(6)12(13)14/h3-4H,1H2. The molecule has 0 spiro atoms. The molecule has 72 valence electrons. The van der Waals surface area contributed by atoms with E-state index in [1.54, 1.807) is 0 Å². The summed E-state index contributed by atoms with van der Waals surface area (Å²) < 4.78 is 0.764. The Kier molecular flexibility index (Phi) is 3.66. The number of nitro benzene ring substituents is 1. The Morgan fingerprint density at radius 3 is 2.79 bits per heavy atom. The molecular formula is C8H4ClIN2O2. The Hall–Kier alpha value is -0.870. The highest BCUT2D eigenvalue weighted by atomic mass is 127. The van der Waals surface area contributed by atoms with Crippen LogP contribution in [0.4, 0.5) is 5.69 Å². The molecular weight excluding hydrogens is 318 g/mol. The monoisotopic (exact) mass is 322 g/mol. The second-order valence-corrected chi connectivity index (χ2v) is 4.06. The maximum atomic E-state index is 10.5. The molecule has 1 aromatic rings. The fourth-order valence-electron chi connectivity index (χ4n) is 0.941. The summed E-state index contributed by atoms with van der Waals surface area (Å²) in [6.07, 6.45) is 0.149. The Bertz CT molecular complexity index is 428. The molecule has 14 heavy (non-hydrogen) atoms. The van der Waals surface area contributed by atoms with Crippen LogP contribution in [0.2, 0.25) is 5.02 Å². The lowest BCUT2D eigenvalue weighted by atomic mass is 10.1. The van der Waals surface area contributed by atoms with Gasteiger partial charge in [0, 0.05) is 9.64 Å². The third kappa shape index (κ3) is 2.33. The van der Waals surface area contributed by atoms with Crippen LogP contribution in [-0.4, -0.2) is 4.92 Å². The first-order valence-electron chi connectivity index (χ1n) is 3.55. The van der Waals surface area contributed by atoms with Gasteiger partial charge in [0.2, 0.25) is 0 Å². The van der Waals surface area contributed by atoms with Crippen LogP contribution in [0.1, 0.15) is 5.56 Å². The largest absolute Gasteiger partial charge is 0.288 e. The van der Waals surface area contributed by atoms with E-state index in [1.165, 1.54) is 12.1 Å². The molecule has 0 aliphatic heterocycles. The smallest absolute Gasteiger partial charge is 0.258 e. The maximum absolute atomic E-state index is 10.5. The first-order chi connectivity index (χ1) is 6.56. The van der Waals surface area contributed by atoms with Gasteiger partial charge < -0.3 is 0 Å². The van der Waals surface area contributed by atoms with Crippen molar-refractivity contribution < 1.29 is 4.92 Å². The zero-order valence-electron chi connectivity index (χ0n) is 6.83. The van der Waals surface area contributed by atoms with Crippen LogP contribution < -0.4 is 0 Å². The zero-order valence-corrected chi connectivity index (χ0v) is 9.74. The van der Waals surface area contributed by atoms with Crippen LogP contribution in [0.3, 0.4) is 0 Å². The van der Waals surface area contributed by atoms with Gasteiger partial charge in [0.05, 0.1) is 17.4 Å². The molecule has 0 fully saturated rings. The van der Waals surface area contributed by atoms with Gasteiger partial charge in [0.15, 0.2) is 0 Å². The highest BCUT2D eigenvalue weighted by Gasteiger charge is 2.15. The summed E-state index contributed by atoms with van der Waals surface area (Å²) in [6.45, 7) is 0. The van der Waals surface area contributed by atoms with Gasteiger partial charge in [-0.2, -0.15) is 5.26 Å². The number of benzene rings is 1. The van der Waals surface area contributed by atoms with Crippen molar-refractivity contribution in [2.75, 3.05) is 0 Å². The van der Waals surface area contributed by atoms with Gasteiger partial charge in [-0.15, -0.1) is 0 Å². The lowest BCUT2D eigenvalue weighted by Crippen LogP contribution is -1.94. The number of rotatable bonds is 2. The zero-order chi connectivity index (χ0) is 10.7. The summed E-state index contributed by atoms with van der Waals surface area (Å²) in [5, 5.41) is 19.1. The van der Waals surface area contributed by atoms with E-state index in [4.69, 9.17) is 16.9 Å². The van der Waals surface area contributed by atoms with Gasteiger partial charge in [-0.05, 0) is 34.2 Å². The van der Waals surface area contributed by atoms with Crippen molar-refractivity contribution >= 4 is 39.9 Å². The fraction of sp³-hybridized carbons (Fsp3) is 0.125. The summed E-state index contributed by atoms with van der Waals surface area (Å²) in [7, 11) is 0. The summed E-state index contributed by atoms with van der Waals surface area (Å²) in [6, 6.07) is 4.77. The molecule has 1 rings (SSSR count). The quantitative estimate of drug-likeness (QED) is 0.477. The summed E-state index contributed by atoms with van der Waals surface area (Å²) in [5.74, 6) is 0. The lowest BCUT2D eigenvalue weighted by Gasteiger charge is -2.01. The van der Waals surface area contributed by atoms with Gasteiger partial charge in [-0.3, -0.25) is 10.1 Å². The highest BCUT2D eigenvalue weighted by Crippen LogP contribution is 2.28. The Balaban J connectivity index is 3.28. The van der Waals surface area contributed by atoms with Crippen molar-refractivity contribution in [3.63, 3.8) is 0 Å². The minimum atomic E-state index is -0.556. The molecule has 0 saturated heterocycles. The molecule has 0 heterocycles. The summed E-state index contributed by atoms with van der Waals surface area (Å²) in [4.78, 5) is 9.97. The first kappa shape index (κ1) is 11.2. The molecule has 4 nitrogen and oxygen atoms in total. The van der Waals surface area contributed by atoms with Crippen LogP contribution in [0.25, 0.3) is 0 Å². The van der Waals surface area contributed by atoms with Crippen molar-refractivity contribution in [3.05, 3.63) is 36.4 Å².